The first-order chi connectivity index (χ1) is 6.02. The van der Waals surface area contributed by atoms with E-state index in [0.717, 1.165) is 0 Å². The molecule has 0 atom stereocenters. The van der Waals surface area contributed by atoms with Gasteiger partial charge in [-0.2, -0.15) is 0 Å². The Bertz CT molecular complexity index is 376. The van der Waals surface area contributed by atoms with Crippen LogP contribution >= 0.6 is 0 Å². The minimum absolute atomic E-state index is 0. The maximum Gasteiger partial charge on any atom is 1.00 e. The predicted molar refractivity (Wildman–Crippen MR) is 39.8 cm³/mol. The molecule has 0 radical (unpaired) electrons. The van der Waals surface area contributed by atoms with Crippen molar-refractivity contribution in [3.05, 3.63) is 34.9 Å². The maximum atomic E-state index is 10.4. The summed E-state index contributed by atoms with van der Waals surface area (Å²) in [6.07, 6.45) is 0. The topological polar surface area (TPSA) is 80.3 Å². The Morgan fingerprint density at radius 3 is 1.93 bits per heavy atom. The van der Waals surface area contributed by atoms with Crippen LogP contribution in [0.15, 0.2) is 18.2 Å². The molecule has 0 saturated heterocycles. The zero-order valence-electron chi connectivity index (χ0n) is 8.87. The van der Waals surface area contributed by atoms with E-state index in [-0.39, 0.29) is 114 Å². The van der Waals surface area contributed by atoms with Gasteiger partial charge in [-0.25, -0.2) is 0 Å². The molecule has 6 heteroatoms. The minimum Gasteiger partial charge on any atom is -0.545 e. The Morgan fingerprint density at radius 1 is 1.07 bits per heavy atom. The smallest absolute Gasteiger partial charge is 0.545 e. The standard InChI is InChI=1S/C9H8O4.2K/c1-5-4-6(8(10)11)2-3-7(5)9(12)13;;/h2-4H,1H3,(H,10,11)(H,12,13);;/q;2*+1/p-2. The van der Waals surface area contributed by atoms with Gasteiger partial charge in [-0.1, -0.05) is 12.1 Å². The molecule has 0 spiro atoms. The van der Waals surface area contributed by atoms with E-state index < -0.39 is 11.9 Å². The van der Waals surface area contributed by atoms with E-state index in [1.165, 1.54) is 25.1 Å². The van der Waals surface area contributed by atoms with Gasteiger partial charge in [0, 0.05) is 5.56 Å². The molecule has 0 aromatic heterocycles. The molecule has 0 heterocycles. The molecule has 0 aliphatic rings. The molecule has 68 valence electrons. The summed E-state index contributed by atoms with van der Waals surface area (Å²) in [7, 11) is 0. The first-order valence-corrected chi connectivity index (χ1v) is 3.55. The number of hydrogen-bond donors (Lipinski definition) is 0. The number of aromatic carboxylic acids is 2. The Labute approximate surface area is 172 Å². The summed E-state index contributed by atoms with van der Waals surface area (Å²) < 4.78 is 0. The van der Waals surface area contributed by atoms with Gasteiger partial charge >= 0.3 is 103 Å². The zero-order chi connectivity index (χ0) is 10.0. The van der Waals surface area contributed by atoms with E-state index in [0.29, 0.717) is 5.56 Å². The van der Waals surface area contributed by atoms with Crippen LogP contribution in [0.3, 0.4) is 0 Å². The van der Waals surface area contributed by atoms with E-state index >= 15 is 0 Å². The van der Waals surface area contributed by atoms with E-state index in [2.05, 4.69) is 0 Å². The van der Waals surface area contributed by atoms with Crippen molar-refractivity contribution in [2.45, 2.75) is 6.92 Å². The molecule has 1 aromatic rings. The van der Waals surface area contributed by atoms with Crippen molar-refractivity contribution in [2.75, 3.05) is 0 Å². The maximum absolute atomic E-state index is 10.4. The van der Waals surface area contributed by atoms with Crippen LogP contribution in [-0.4, -0.2) is 11.9 Å². The molecule has 0 aliphatic carbocycles. The largest absolute Gasteiger partial charge is 1.00 e. The second-order valence-electron chi connectivity index (χ2n) is 2.60. The van der Waals surface area contributed by atoms with Crippen LogP contribution in [0, 0.1) is 6.92 Å². The van der Waals surface area contributed by atoms with Crippen LogP contribution in [0.4, 0.5) is 0 Å². The fourth-order valence-corrected chi connectivity index (χ4v) is 1.02. The van der Waals surface area contributed by atoms with Gasteiger partial charge in [0.05, 0.1) is 11.9 Å². The second kappa shape index (κ2) is 8.51. The Balaban J connectivity index is 0. The van der Waals surface area contributed by atoms with Gasteiger partial charge in [-0.3, -0.25) is 0 Å². The zero-order valence-corrected chi connectivity index (χ0v) is 15.1. The van der Waals surface area contributed by atoms with Crippen molar-refractivity contribution in [1.29, 1.82) is 0 Å². The fourth-order valence-electron chi connectivity index (χ4n) is 1.02. The monoisotopic (exact) mass is 256 g/mol. The molecule has 1 aromatic carbocycles. The normalized spacial score (nSPS) is 8.33. The van der Waals surface area contributed by atoms with Gasteiger partial charge in [0.25, 0.3) is 0 Å². The van der Waals surface area contributed by atoms with Crippen molar-refractivity contribution < 1.29 is 123 Å². The molecule has 0 fully saturated rings. The van der Waals surface area contributed by atoms with Gasteiger partial charge < -0.3 is 19.8 Å². The number of carbonyl (C=O) groups is 2. The van der Waals surface area contributed by atoms with Crippen LogP contribution in [0.5, 0.6) is 0 Å². The number of carboxylic acids is 2. The summed E-state index contributed by atoms with van der Waals surface area (Å²) >= 11 is 0. The number of benzene rings is 1. The SMILES string of the molecule is Cc1cc(C(=O)[O-])ccc1C(=O)[O-].[K+].[K+]. The average Bonchev–Trinajstić information content (AvgIpc) is 2.03. The van der Waals surface area contributed by atoms with Crippen molar-refractivity contribution >= 4 is 11.9 Å². The number of carbonyl (C=O) groups excluding carboxylic acids is 2. The molecule has 0 bridgehead atoms. The van der Waals surface area contributed by atoms with Crippen molar-refractivity contribution in [1.82, 2.24) is 0 Å². The minimum atomic E-state index is -1.33. The summed E-state index contributed by atoms with van der Waals surface area (Å²) in [5.74, 6) is -2.64. The van der Waals surface area contributed by atoms with Crippen LogP contribution < -0.4 is 113 Å². The van der Waals surface area contributed by atoms with Gasteiger partial charge in [0.1, 0.15) is 0 Å². The molecule has 1 rings (SSSR count). The van der Waals surface area contributed by atoms with Gasteiger partial charge in [-0.05, 0) is 24.1 Å². The Kier molecular flexibility index (Phi) is 10.7. The Morgan fingerprint density at radius 2 is 1.60 bits per heavy atom. The fraction of sp³-hybridized carbons (Fsp3) is 0.111. The third kappa shape index (κ3) is 5.53. The third-order valence-corrected chi connectivity index (χ3v) is 1.68. The predicted octanol–water partition coefficient (Wildman–Crippen LogP) is -7.27. The summed E-state index contributed by atoms with van der Waals surface area (Å²) in [5.41, 5.74) is 0.300. The second-order valence-corrected chi connectivity index (χ2v) is 2.60. The molecule has 0 unspecified atom stereocenters. The molecule has 0 N–H and O–H groups in total. The number of aryl methyl sites for hydroxylation is 1. The van der Waals surface area contributed by atoms with Crippen molar-refractivity contribution in [2.24, 2.45) is 0 Å². The molecule has 0 aliphatic heterocycles. The molecule has 0 saturated carbocycles. The number of hydrogen-bond acceptors (Lipinski definition) is 4. The van der Waals surface area contributed by atoms with E-state index in [9.17, 15) is 19.8 Å². The van der Waals surface area contributed by atoms with Crippen LogP contribution in [0.1, 0.15) is 26.3 Å². The molecule has 4 nitrogen and oxygen atoms in total. The molecular weight excluding hydrogens is 250 g/mol. The summed E-state index contributed by atoms with van der Waals surface area (Å²) in [4.78, 5) is 20.8. The number of carboxylic acid groups (broad SMARTS) is 2. The van der Waals surface area contributed by atoms with E-state index in [1.807, 2.05) is 0 Å². The Hall–Kier alpha value is 1.43. The summed E-state index contributed by atoms with van der Waals surface area (Å²) in [6, 6.07) is 3.60. The average molecular weight is 256 g/mol. The molecule has 15 heavy (non-hydrogen) atoms. The number of rotatable bonds is 2. The summed E-state index contributed by atoms with van der Waals surface area (Å²) in [6.45, 7) is 1.50. The van der Waals surface area contributed by atoms with E-state index in [1.54, 1.807) is 0 Å². The third-order valence-electron chi connectivity index (χ3n) is 1.68. The van der Waals surface area contributed by atoms with Gasteiger partial charge in [0.2, 0.25) is 0 Å². The van der Waals surface area contributed by atoms with E-state index in [4.69, 9.17) is 0 Å². The summed E-state index contributed by atoms with van der Waals surface area (Å²) in [5, 5.41) is 20.8. The molecule has 0 amide bonds. The van der Waals surface area contributed by atoms with Crippen LogP contribution in [0.25, 0.3) is 0 Å². The van der Waals surface area contributed by atoms with Crippen molar-refractivity contribution in [3.8, 4) is 0 Å². The first-order valence-electron chi connectivity index (χ1n) is 3.55. The van der Waals surface area contributed by atoms with Crippen LogP contribution in [-0.2, 0) is 0 Å². The van der Waals surface area contributed by atoms with Gasteiger partial charge in [0.15, 0.2) is 0 Å². The van der Waals surface area contributed by atoms with Crippen LogP contribution in [0.2, 0.25) is 0 Å². The first kappa shape index (κ1) is 18.8. The van der Waals surface area contributed by atoms with Crippen molar-refractivity contribution in [3.63, 3.8) is 0 Å². The molecular formula is C9H6K2O4. The van der Waals surface area contributed by atoms with Gasteiger partial charge in [-0.15, -0.1) is 0 Å². The quantitative estimate of drug-likeness (QED) is 0.492.